The number of carbonyl (C=O) groups is 1. The normalized spacial score (nSPS) is 17.5. The molecular formula is C10H14N2O2S. The number of hydrogen-bond donors (Lipinski definition) is 1. The van der Waals surface area contributed by atoms with Gasteiger partial charge in [-0.15, -0.1) is 11.3 Å². The van der Waals surface area contributed by atoms with Crippen LogP contribution in [0.3, 0.4) is 0 Å². The minimum atomic E-state index is -0.446. The molecule has 1 aromatic heterocycles. The predicted octanol–water partition coefficient (Wildman–Crippen LogP) is 2.03. The maximum absolute atomic E-state index is 11.3. The number of aromatic nitrogens is 1. The summed E-state index contributed by atoms with van der Waals surface area (Å²) in [7, 11) is 1.34. The summed E-state index contributed by atoms with van der Waals surface area (Å²) in [6.45, 7) is 2.14. The molecule has 0 amide bonds. The summed E-state index contributed by atoms with van der Waals surface area (Å²) in [4.78, 5) is 15.6. The van der Waals surface area contributed by atoms with E-state index >= 15 is 0 Å². The third kappa shape index (κ3) is 1.97. The van der Waals surface area contributed by atoms with Crippen LogP contribution in [0.5, 0.6) is 0 Å². The summed E-state index contributed by atoms with van der Waals surface area (Å²) >= 11 is 1.40. The molecule has 2 rings (SSSR count). The van der Waals surface area contributed by atoms with Crippen LogP contribution in [0.2, 0.25) is 0 Å². The van der Waals surface area contributed by atoms with Crippen molar-refractivity contribution in [3.05, 3.63) is 10.7 Å². The molecule has 1 unspecified atom stereocenters. The SMILES string of the molecule is COC(=O)c1nc(C(C)C2CC2)sc1N. The van der Waals surface area contributed by atoms with Crippen LogP contribution < -0.4 is 5.73 Å². The molecule has 0 bridgehead atoms. The summed E-state index contributed by atoms with van der Waals surface area (Å²) in [6.07, 6.45) is 2.52. The van der Waals surface area contributed by atoms with Gasteiger partial charge < -0.3 is 10.5 Å². The standard InChI is InChI=1S/C10H14N2O2S/c1-5(6-3-4-6)9-12-7(8(11)15-9)10(13)14-2/h5-6H,3-4,11H2,1-2H3. The number of carbonyl (C=O) groups excluding carboxylic acids is 1. The van der Waals surface area contributed by atoms with Crippen molar-refractivity contribution in [3.63, 3.8) is 0 Å². The highest BCUT2D eigenvalue weighted by Gasteiger charge is 2.32. The van der Waals surface area contributed by atoms with E-state index in [1.165, 1.54) is 31.3 Å². The minimum absolute atomic E-state index is 0.269. The molecule has 1 aliphatic rings. The van der Waals surface area contributed by atoms with Crippen LogP contribution >= 0.6 is 11.3 Å². The Balaban J connectivity index is 2.23. The Labute approximate surface area is 92.5 Å². The van der Waals surface area contributed by atoms with E-state index in [0.717, 1.165) is 10.9 Å². The second kappa shape index (κ2) is 3.81. The number of hydrogen-bond acceptors (Lipinski definition) is 5. The number of nitrogens with zero attached hydrogens (tertiary/aromatic N) is 1. The van der Waals surface area contributed by atoms with E-state index < -0.39 is 5.97 Å². The van der Waals surface area contributed by atoms with Crippen LogP contribution in [0.25, 0.3) is 0 Å². The first-order valence-electron chi connectivity index (χ1n) is 4.98. The van der Waals surface area contributed by atoms with Crippen molar-refractivity contribution >= 4 is 22.3 Å². The van der Waals surface area contributed by atoms with E-state index in [0.29, 0.717) is 10.9 Å². The zero-order valence-electron chi connectivity index (χ0n) is 8.82. The molecule has 1 saturated carbocycles. The van der Waals surface area contributed by atoms with Crippen molar-refractivity contribution in [1.82, 2.24) is 4.98 Å². The van der Waals surface area contributed by atoms with Crippen LogP contribution in [0.4, 0.5) is 5.00 Å². The number of ether oxygens (including phenoxy) is 1. The number of esters is 1. The highest BCUT2D eigenvalue weighted by atomic mass is 32.1. The molecule has 15 heavy (non-hydrogen) atoms. The Bertz CT molecular complexity index is 385. The Morgan fingerprint density at radius 1 is 1.67 bits per heavy atom. The third-order valence-corrected chi connectivity index (χ3v) is 3.85. The van der Waals surface area contributed by atoms with Gasteiger partial charge in [0.25, 0.3) is 0 Å². The van der Waals surface area contributed by atoms with Gasteiger partial charge in [-0.1, -0.05) is 6.92 Å². The van der Waals surface area contributed by atoms with Gasteiger partial charge in [-0.25, -0.2) is 9.78 Å². The smallest absolute Gasteiger partial charge is 0.359 e. The largest absolute Gasteiger partial charge is 0.464 e. The Kier molecular flexibility index (Phi) is 2.65. The maximum atomic E-state index is 11.3. The Morgan fingerprint density at radius 3 is 2.87 bits per heavy atom. The van der Waals surface area contributed by atoms with Crippen LogP contribution in [0.15, 0.2) is 0 Å². The minimum Gasteiger partial charge on any atom is -0.464 e. The van der Waals surface area contributed by atoms with Crippen molar-refractivity contribution in [2.24, 2.45) is 5.92 Å². The second-order valence-electron chi connectivity index (χ2n) is 3.88. The van der Waals surface area contributed by atoms with E-state index in [-0.39, 0.29) is 5.69 Å². The summed E-state index contributed by atoms with van der Waals surface area (Å²) < 4.78 is 4.61. The maximum Gasteiger partial charge on any atom is 0.359 e. The molecule has 1 heterocycles. The Morgan fingerprint density at radius 2 is 2.33 bits per heavy atom. The van der Waals surface area contributed by atoms with Gasteiger partial charge in [-0.3, -0.25) is 0 Å². The molecular weight excluding hydrogens is 212 g/mol. The summed E-state index contributed by atoms with van der Waals surface area (Å²) in [5.41, 5.74) is 6.00. The summed E-state index contributed by atoms with van der Waals surface area (Å²) in [5.74, 6) is 0.690. The molecule has 1 aromatic rings. The highest BCUT2D eigenvalue weighted by Crippen LogP contribution is 2.44. The van der Waals surface area contributed by atoms with Gasteiger partial charge in [0.05, 0.1) is 12.1 Å². The van der Waals surface area contributed by atoms with Crippen molar-refractivity contribution in [3.8, 4) is 0 Å². The highest BCUT2D eigenvalue weighted by molar-refractivity contribution is 7.16. The topological polar surface area (TPSA) is 65.2 Å². The molecule has 0 aromatic carbocycles. The molecule has 0 spiro atoms. The number of thiazole rings is 1. The zero-order valence-corrected chi connectivity index (χ0v) is 9.63. The van der Waals surface area contributed by atoms with Crippen LogP contribution in [0, 0.1) is 5.92 Å². The van der Waals surface area contributed by atoms with Gasteiger partial charge in [0.15, 0.2) is 5.69 Å². The fraction of sp³-hybridized carbons (Fsp3) is 0.600. The zero-order chi connectivity index (χ0) is 11.0. The number of methoxy groups -OCH3 is 1. The number of nitrogens with two attached hydrogens (primary N) is 1. The molecule has 1 aliphatic carbocycles. The van der Waals surface area contributed by atoms with Gasteiger partial charge in [0.2, 0.25) is 0 Å². The average molecular weight is 226 g/mol. The molecule has 2 N–H and O–H groups in total. The van der Waals surface area contributed by atoms with Crippen molar-refractivity contribution in [2.45, 2.75) is 25.7 Å². The van der Waals surface area contributed by atoms with Crippen molar-refractivity contribution in [2.75, 3.05) is 12.8 Å². The first-order chi connectivity index (χ1) is 7.13. The van der Waals surface area contributed by atoms with E-state index in [4.69, 9.17) is 5.73 Å². The quantitative estimate of drug-likeness (QED) is 0.801. The number of nitrogen functional groups attached to an aromatic ring is 1. The lowest BCUT2D eigenvalue weighted by atomic mass is 10.1. The van der Waals surface area contributed by atoms with E-state index in [2.05, 4.69) is 16.6 Å². The summed E-state index contributed by atoms with van der Waals surface area (Å²) in [6, 6.07) is 0. The molecule has 1 atom stereocenters. The lowest BCUT2D eigenvalue weighted by molar-refractivity contribution is 0.0596. The van der Waals surface area contributed by atoms with Gasteiger partial charge in [-0.2, -0.15) is 0 Å². The average Bonchev–Trinajstić information content (AvgIpc) is 3.00. The molecule has 4 nitrogen and oxygen atoms in total. The molecule has 5 heteroatoms. The summed E-state index contributed by atoms with van der Waals surface area (Å²) in [5, 5.41) is 1.42. The number of rotatable bonds is 3. The molecule has 0 radical (unpaired) electrons. The second-order valence-corrected chi connectivity index (χ2v) is 4.94. The van der Waals surface area contributed by atoms with Gasteiger partial charge in [0.1, 0.15) is 5.00 Å². The predicted molar refractivity (Wildman–Crippen MR) is 59.0 cm³/mol. The molecule has 0 aliphatic heterocycles. The lowest BCUT2D eigenvalue weighted by Crippen LogP contribution is -2.05. The monoisotopic (exact) mass is 226 g/mol. The van der Waals surface area contributed by atoms with Crippen LogP contribution in [-0.4, -0.2) is 18.1 Å². The fourth-order valence-corrected chi connectivity index (χ4v) is 2.55. The molecule has 82 valence electrons. The van der Waals surface area contributed by atoms with Crippen LogP contribution in [0.1, 0.15) is 41.2 Å². The van der Waals surface area contributed by atoms with Gasteiger partial charge in [-0.05, 0) is 18.8 Å². The Hall–Kier alpha value is -1.10. The van der Waals surface area contributed by atoms with E-state index in [1.54, 1.807) is 0 Å². The van der Waals surface area contributed by atoms with Gasteiger partial charge >= 0.3 is 5.97 Å². The van der Waals surface area contributed by atoms with E-state index in [1.807, 2.05) is 0 Å². The van der Waals surface area contributed by atoms with Crippen molar-refractivity contribution < 1.29 is 9.53 Å². The first kappa shape index (κ1) is 10.4. The van der Waals surface area contributed by atoms with E-state index in [9.17, 15) is 4.79 Å². The lowest BCUT2D eigenvalue weighted by Gasteiger charge is -2.03. The molecule has 0 saturated heterocycles. The number of anilines is 1. The van der Waals surface area contributed by atoms with Crippen LogP contribution in [-0.2, 0) is 4.74 Å². The third-order valence-electron chi connectivity index (χ3n) is 2.77. The van der Waals surface area contributed by atoms with Crippen molar-refractivity contribution in [1.29, 1.82) is 0 Å². The van der Waals surface area contributed by atoms with Gasteiger partial charge in [0, 0.05) is 5.92 Å². The fourth-order valence-electron chi connectivity index (χ4n) is 1.58. The molecule has 1 fully saturated rings. The first-order valence-corrected chi connectivity index (χ1v) is 5.79.